The van der Waals surface area contributed by atoms with Crippen LogP contribution in [0.4, 0.5) is 0 Å². The van der Waals surface area contributed by atoms with E-state index >= 15 is 0 Å². The van der Waals surface area contributed by atoms with E-state index in [-0.39, 0.29) is 81.3 Å². The summed E-state index contributed by atoms with van der Waals surface area (Å²) in [6.45, 7) is 0. The van der Waals surface area contributed by atoms with E-state index in [0.717, 1.165) is 0 Å². The van der Waals surface area contributed by atoms with Crippen LogP contribution in [0.2, 0.25) is 0 Å². The SMILES string of the molecule is [Co].[Mo].[Ti].[Ti]. The second kappa shape index (κ2) is 17.5. The molecule has 0 rings (SSSR count). The average Bonchev–Trinajstić information content (AvgIpc) is 0. The topological polar surface area (TPSA) is 0 Å². The third-order valence-corrected chi connectivity index (χ3v) is 0. The van der Waals surface area contributed by atoms with Gasteiger partial charge in [0, 0.05) is 81.3 Å². The van der Waals surface area contributed by atoms with E-state index < -0.39 is 0 Å². The maximum Gasteiger partial charge on any atom is 0 e. The van der Waals surface area contributed by atoms with E-state index in [1.165, 1.54) is 0 Å². The molecule has 0 saturated carbocycles. The Hall–Kier alpha value is 2.62. The summed E-state index contributed by atoms with van der Waals surface area (Å²) in [7, 11) is 0. The average molecular weight is 251 g/mol. The summed E-state index contributed by atoms with van der Waals surface area (Å²) in [5, 5.41) is 0. The Bertz CT molecular complexity index is 6.00. The van der Waals surface area contributed by atoms with Gasteiger partial charge in [-0.3, -0.25) is 0 Å². The van der Waals surface area contributed by atoms with Gasteiger partial charge in [-0.05, 0) is 0 Å². The zero-order valence-electron chi connectivity index (χ0n) is 1.74. The molecule has 1 radical (unpaired) electrons. The van der Waals surface area contributed by atoms with Crippen LogP contribution >= 0.6 is 0 Å². The Balaban J connectivity index is 0. The summed E-state index contributed by atoms with van der Waals surface area (Å²) in [5.41, 5.74) is 0. The van der Waals surface area contributed by atoms with Crippen molar-refractivity contribution in [3.63, 3.8) is 0 Å². The predicted molar refractivity (Wildman–Crippen MR) is 0 cm³/mol. The molecule has 0 spiro atoms. The molecule has 0 aromatic rings. The molecule has 0 fully saturated rings. The van der Waals surface area contributed by atoms with Gasteiger partial charge < -0.3 is 0 Å². The molecule has 0 nitrogen and oxygen atoms in total. The van der Waals surface area contributed by atoms with Crippen molar-refractivity contribution < 1.29 is 81.3 Å². The second-order valence-electron chi connectivity index (χ2n) is 0. The van der Waals surface area contributed by atoms with Crippen molar-refractivity contribution in [2.24, 2.45) is 0 Å². The van der Waals surface area contributed by atoms with E-state index in [2.05, 4.69) is 0 Å². The molecule has 0 aliphatic rings. The Morgan fingerprint density at radius 2 is 0.750 bits per heavy atom. The van der Waals surface area contributed by atoms with Gasteiger partial charge in [0.15, 0.2) is 0 Å². The van der Waals surface area contributed by atoms with Crippen LogP contribution < -0.4 is 0 Å². The first-order valence-electron chi connectivity index (χ1n) is 0. The maximum atomic E-state index is 0. The van der Waals surface area contributed by atoms with E-state index in [1.54, 1.807) is 0 Å². The standard InChI is InChI=1S/Co.Mo.2Ti. The quantitative estimate of drug-likeness (QED) is 0.531. The Morgan fingerprint density at radius 1 is 0.750 bits per heavy atom. The third kappa shape index (κ3) is 8.82. The number of hydrogen-bond acceptors (Lipinski definition) is 0. The molecule has 23 valence electrons. The predicted octanol–water partition coefficient (Wildman–Crippen LogP) is -0.0100. The minimum atomic E-state index is 0. The van der Waals surface area contributed by atoms with E-state index in [0.29, 0.717) is 0 Å². The van der Waals surface area contributed by atoms with Gasteiger partial charge in [0.1, 0.15) is 0 Å². The smallest absolute Gasteiger partial charge is 0 e. The molecule has 0 aliphatic heterocycles. The van der Waals surface area contributed by atoms with Crippen LogP contribution in [0.1, 0.15) is 0 Å². The van der Waals surface area contributed by atoms with E-state index in [9.17, 15) is 0 Å². The van der Waals surface area contributed by atoms with Gasteiger partial charge in [-0.1, -0.05) is 0 Å². The fourth-order valence-corrected chi connectivity index (χ4v) is 0. The molecule has 0 unspecified atom stereocenters. The molecular weight excluding hydrogens is 251 g/mol. The largest absolute Gasteiger partial charge is 0 e. The van der Waals surface area contributed by atoms with Crippen molar-refractivity contribution in [3.05, 3.63) is 0 Å². The van der Waals surface area contributed by atoms with Crippen LogP contribution in [0, 0.1) is 0 Å². The van der Waals surface area contributed by atoms with Crippen LogP contribution in [0.3, 0.4) is 0 Å². The summed E-state index contributed by atoms with van der Waals surface area (Å²) in [4.78, 5) is 0. The molecule has 0 aromatic heterocycles. The van der Waals surface area contributed by atoms with Gasteiger partial charge in [-0.2, -0.15) is 0 Å². The molecular formula is CoMoTi2. The monoisotopic (exact) mass is 253 g/mol. The van der Waals surface area contributed by atoms with E-state index in [4.69, 9.17) is 0 Å². The maximum absolute atomic E-state index is 0. The van der Waals surface area contributed by atoms with Gasteiger partial charge in [0.25, 0.3) is 0 Å². The van der Waals surface area contributed by atoms with Gasteiger partial charge in [0.2, 0.25) is 0 Å². The minimum Gasteiger partial charge on any atom is 0 e. The Labute approximate surface area is 80.1 Å². The molecule has 0 N–H and O–H groups in total. The Kier molecular flexibility index (Phi) is 133. The van der Waals surface area contributed by atoms with Crippen molar-refractivity contribution in [2.75, 3.05) is 0 Å². The van der Waals surface area contributed by atoms with Crippen molar-refractivity contribution in [1.82, 2.24) is 0 Å². The fourth-order valence-electron chi connectivity index (χ4n) is 0. The molecule has 0 amide bonds. The van der Waals surface area contributed by atoms with Crippen LogP contribution in [0.25, 0.3) is 0 Å². The second-order valence-corrected chi connectivity index (χ2v) is 0. The van der Waals surface area contributed by atoms with Gasteiger partial charge >= 0.3 is 0 Å². The zero-order valence-corrected chi connectivity index (χ0v) is 7.91. The van der Waals surface area contributed by atoms with Gasteiger partial charge in [-0.15, -0.1) is 0 Å². The minimum absolute atomic E-state index is 0. The van der Waals surface area contributed by atoms with Crippen LogP contribution in [0.5, 0.6) is 0 Å². The van der Waals surface area contributed by atoms with Gasteiger partial charge in [-0.25, -0.2) is 0 Å². The molecule has 0 heterocycles. The summed E-state index contributed by atoms with van der Waals surface area (Å²) in [5.74, 6) is 0. The van der Waals surface area contributed by atoms with Crippen LogP contribution in [-0.4, -0.2) is 0 Å². The van der Waals surface area contributed by atoms with Crippen molar-refractivity contribution in [1.29, 1.82) is 0 Å². The van der Waals surface area contributed by atoms with Crippen molar-refractivity contribution in [2.45, 2.75) is 0 Å². The number of rotatable bonds is 0. The third-order valence-electron chi connectivity index (χ3n) is 0. The van der Waals surface area contributed by atoms with Crippen LogP contribution in [-0.2, 0) is 81.3 Å². The van der Waals surface area contributed by atoms with Crippen LogP contribution in [0.15, 0.2) is 0 Å². The molecule has 4 heteroatoms. The molecule has 0 aromatic carbocycles. The van der Waals surface area contributed by atoms with Crippen molar-refractivity contribution >= 4 is 0 Å². The first-order valence-corrected chi connectivity index (χ1v) is 0. The summed E-state index contributed by atoms with van der Waals surface area (Å²) in [6, 6.07) is 0. The molecule has 0 saturated heterocycles. The molecule has 0 atom stereocenters. The van der Waals surface area contributed by atoms with Crippen molar-refractivity contribution in [3.8, 4) is 0 Å². The first kappa shape index (κ1) is 30.4. The summed E-state index contributed by atoms with van der Waals surface area (Å²) in [6.07, 6.45) is 0. The summed E-state index contributed by atoms with van der Waals surface area (Å²) >= 11 is 0. The van der Waals surface area contributed by atoms with Gasteiger partial charge in [0.05, 0.1) is 0 Å². The zero-order chi connectivity index (χ0) is 0. The molecule has 0 bridgehead atoms. The molecule has 0 aliphatic carbocycles. The number of hydrogen-bond donors (Lipinski definition) is 0. The normalized spacial score (nSPS) is 0. The molecule has 4 heavy (non-hydrogen) atoms. The first-order chi connectivity index (χ1) is 0. The fraction of sp³-hybridized carbons (Fsp3) is 0. The van der Waals surface area contributed by atoms with E-state index in [1.807, 2.05) is 0 Å². The Morgan fingerprint density at radius 3 is 0.750 bits per heavy atom. The summed E-state index contributed by atoms with van der Waals surface area (Å²) < 4.78 is 0.